The highest BCUT2D eigenvalue weighted by atomic mass is 16.5. The maximum absolute atomic E-state index is 5.51. The van der Waals surface area contributed by atoms with Gasteiger partial charge in [-0.3, -0.25) is 9.97 Å². The number of ether oxygens (including phenoxy) is 1. The molecule has 0 saturated carbocycles. The normalized spacial score (nSPS) is 19.8. The average Bonchev–Trinajstić information content (AvgIpc) is 3.14. The van der Waals surface area contributed by atoms with Gasteiger partial charge in [0.1, 0.15) is 0 Å². The lowest BCUT2D eigenvalue weighted by atomic mass is 9.84. The molecular formula is C42H43N5O. The number of hydrogen-bond acceptors (Lipinski definition) is 6. The summed E-state index contributed by atoms with van der Waals surface area (Å²) in [5, 5.41) is 4.95. The van der Waals surface area contributed by atoms with Crippen molar-refractivity contribution in [2.75, 3.05) is 58.4 Å². The van der Waals surface area contributed by atoms with Crippen molar-refractivity contribution < 1.29 is 4.74 Å². The summed E-state index contributed by atoms with van der Waals surface area (Å²) in [4.78, 5) is 15.8. The zero-order chi connectivity index (χ0) is 32.5. The Balaban J connectivity index is 0.000000145. The summed E-state index contributed by atoms with van der Waals surface area (Å²) in [5.41, 5.74) is 9.94. The average molecular weight is 634 g/mol. The van der Waals surface area contributed by atoms with Crippen molar-refractivity contribution in [3.8, 4) is 0 Å². The van der Waals surface area contributed by atoms with E-state index >= 15 is 0 Å². The molecule has 3 aliphatic rings. The maximum Gasteiger partial charge on any atom is 0.0642 e. The van der Waals surface area contributed by atoms with Crippen molar-refractivity contribution in [3.05, 3.63) is 149 Å². The zero-order valence-corrected chi connectivity index (χ0v) is 27.9. The number of benzene rings is 4. The van der Waals surface area contributed by atoms with E-state index in [9.17, 15) is 0 Å². The predicted octanol–water partition coefficient (Wildman–Crippen LogP) is 7.46. The third-order valence-electron chi connectivity index (χ3n) is 10.3. The van der Waals surface area contributed by atoms with Gasteiger partial charge in [-0.25, -0.2) is 0 Å². The molecule has 2 atom stereocenters. The zero-order valence-electron chi connectivity index (χ0n) is 27.9. The van der Waals surface area contributed by atoms with Crippen LogP contribution in [0.4, 0.5) is 5.69 Å². The van der Waals surface area contributed by atoms with Gasteiger partial charge in [0.05, 0.1) is 13.2 Å². The first-order chi connectivity index (χ1) is 23.6. The quantitative estimate of drug-likeness (QED) is 0.202. The highest BCUT2D eigenvalue weighted by Crippen LogP contribution is 2.37. The monoisotopic (exact) mass is 633 g/mol. The van der Waals surface area contributed by atoms with Gasteiger partial charge in [0.2, 0.25) is 0 Å². The Bertz CT molecular complexity index is 2050. The molecule has 0 radical (unpaired) electrons. The Kier molecular flexibility index (Phi) is 8.62. The minimum absolute atomic E-state index is 0.412. The number of hydrogen-bond donors (Lipinski definition) is 0. The van der Waals surface area contributed by atoms with E-state index in [0.29, 0.717) is 11.8 Å². The van der Waals surface area contributed by atoms with Crippen LogP contribution in [0.1, 0.15) is 45.2 Å². The Morgan fingerprint density at radius 2 is 1.21 bits per heavy atom. The van der Waals surface area contributed by atoms with E-state index in [1.165, 1.54) is 60.6 Å². The van der Waals surface area contributed by atoms with Crippen LogP contribution in [0.2, 0.25) is 0 Å². The van der Waals surface area contributed by atoms with E-state index in [1.807, 2.05) is 24.8 Å². The van der Waals surface area contributed by atoms with Crippen molar-refractivity contribution in [2.45, 2.75) is 24.9 Å². The fraction of sp³-hybridized carbons (Fsp3) is 0.286. The minimum Gasteiger partial charge on any atom is -0.378 e. The second kappa shape index (κ2) is 13.5. The van der Waals surface area contributed by atoms with Gasteiger partial charge in [0, 0.05) is 92.4 Å². The molecule has 6 aromatic rings. The maximum atomic E-state index is 5.51. The molecule has 2 unspecified atom stereocenters. The number of fused-ring (bicyclic) bond motifs is 4. The Labute approximate surface area is 283 Å². The van der Waals surface area contributed by atoms with E-state index in [4.69, 9.17) is 4.74 Å². The number of pyridine rings is 2. The van der Waals surface area contributed by atoms with Gasteiger partial charge in [-0.2, -0.15) is 0 Å². The van der Waals surface area contributed by atoms with Crippen LogP contribution in [0.5, 0.6) is 0 Å². The van der Waals surface area contributed by atoms with E-state index in [-0.39, 0.29) is 0 Å². The number of nitrogens with zero attached hydrogens (tertiary/aromatic N) is 5. The van der Waals surface area contributed by atoms with Crippen molar-refractivity contribution in [2.24, 2.45) is 0 Å². The highest BCUT2D eigenvalue weighted by Gasteiger charge is 2.27. The fourth-order valence-electron chi connectivity index (χ4n) is 7.84. The van der Waals surface area contributed by atoms with E-state index in [1.54, 1.807) is 0 Å². The molecule has 0 amide bonds. The van der Waals surface area contributed by atoms with Crippen molar-refractivity contribution in [1.82, 2.24) is 19.8 Å². The number of likely N-dealkylation sites (N-methyl/N-ethyl adjacent to an activating group) is 2. The molecule has 48 heavy (non-hydrogen) atoms. The smallest absolute Gasteiger partial charge is 0.0642 e. The SMILES string of the molecule is CN1Cc2cc(N3CCOCC3)ccc2C(c2ccc3cnccc3c2)C1.CN1Cc2ccccc2C(c2ccc3ccncc3c2)C1. The second-order valence-electron chi connectivity index (χ2n) is 13.6. The second-order valence-corrected chi connectivity index (χ2v) is 13.6. The molecule has 0 bridgehead atoms. The Hall–Kier alpha value is -4.62. The van der Waals surface area contributed by atoms with Gasteiger partial charge < -0.3 is 19.4 Å². The van der Waals surface area contributed by atoms with E-state index in [0.717, 1.165) is 52.5 Å². The van der Waals surface area contributed by atoms with Crippen LogP contribution >= 0.6 is 0 Å². The van der Waals surface area contributed by atoms with Gasteiger partial charge in [-0.15, -0.1) is 0 Å². The largest absolute Gasteiger partial charge is 0.378 e. The van der Waals surface area contributed by atoms with E-state index in [2.05, 4.69) is 130 Å². The van der Waals surface area contributed by atoms with Gasteiger partial charge in [0.15, 0.2) is 0 Å². The first-order valence-electron chi connectivity index (χ1n) is 17.2. The lowest BCUT2D eigenvalue weighted by molar-refractivity contribution is 0.122. The van der Waals surface area contributed by atoms with Gasteiger partial charge >= 0.3 is 0 Å². The summed E-state index contributed by atoms with van der Waals surface area (Å²) in [5.74, 6) is 0.861. The lowest BCUT2D eigenvalue weighted by Crippen LogP contribution is -2.36. The van der Waals surface area contributed by atoms with Crippen molar-refractivity contribution in [1.29, 1.82) is 0 Å². The highest BCUT2D eigenvalue weighted by molar-refractivity contribution is 5.83. The first-order valence-corrected chi connectivity index (χ1v) is 17.2. The molecule has 0 spiro atoms. The van der Waals surface area contributed by atoms with Crippen LogP contribution in [0.15, 0.2) is 116 Å². The number of rotatable bonds is 3. The van der Waals surface area contributed by atoms with Gasteiger partial charge in [-0.05, 0) is 88.6 Å². The molecule has 1 saturated heterocycles. The van der Waals surface area contributed by atoms with Crippen LogP contribution in [0, 0.1) is 0 Å². The molecule has 0 aliphatic carbocycles. The van der Waals surface area contributed by atoms with Crippen LogP contribution in [0.3, 0.4) is 0 Å². The molecule has 3 aliphatic heterocycles. The summed E-state index contributed by atoms with van der Waals surface area (Å²) in [6.07, 6.45) is 7.62. The van der Waals surface area contributed by atoms with Gasteiger partial charge in [0.25, 0.3) is 0 Å². The summed E-state index contributed by atoms with van der Waals surface area (Å²) >= 11 is 0. The molecule has 6 nitrogen and oxygen atoms in total. The minimum atomic E-state index is 0.412. The Morgan fingerprint density at radius 1 is 0.583 bits per heavy atom. The molecule has 1 fully saturated rings. The lowest BCUT2D eigenvalue weighted by Gasteiger charge is -2.35. The van der Waals surface area contributed by atoms with Crippen LogP contribution in [0.25, 0.3) is 21.5 Å². The molecule has 0 N–H and O–H groups in total. The molecule has 2 aromatic heterocycles. The summed E-state index contributed by atoms with van der Waals surface area (Å²) in [6.45, 7) is 7.80. The van der Waals surface area contributed by atoms with E-state index < -0.39 is 0 Å². The van der Waals surface area contributed by atoms with Crippen LogP contribution in [-0.4, -0.2) is 73.3 Å². The van der Waals surface area contributed by atoms with Crippen molar-refractivity contribution >= 4 is 27.2 Å². The number of morpholine rings is 1. The van der Waals surface area contributed by atoms with Gasteiger partial charge in [-0.1, -0.05) is 60.7 Å². The third kappa shape index (κ3) is 6.31. The Morgan fingerprint density at radius 3 is 1.98 bits per heavy atom. The summed E-state index contributed by atoms with van der Waals surface area (Å²) < 4.78 is 5.51. The molecule has 242 valence electrons. The van der Waals surface area contributed by atoms with Crippen LogP contribution in [-0.2, 0) is 17.8 Å². The fourth-order valence-corrected chi connectivity index (χ4v) is 7.84. The summed E-state index contributed by atoms with van der Waals surface area (Å²) in [7, 11) is 4.42. The molecular weight excluding hydrogens is 590 g/mol. The molecule has 9 rings (SSSR count). The number of anilines is 1. The molecule has 6 heteroatoms. The van der Waals surface area contributed by atoms with Crippen molar-refractivity contribution in [3.63, 3.8) is 0 Å². The summed E-state index contributed by atoms with van der Waals surface area (Å²) in [6, 6.07) is 33.6. The third-order valence-corrected chi connectivity index (χ3v) is 10.3. The predicted molar refractivity (Wildman–Crippen MR) is 196 cm³/mol. The first kappa shape index (κ1) is 30.7. The topological polar surface area (TPSA) is 44.7 Å². The molecule has 5 heterocycles. The standard InChI is InChI=1S/C23H25N3O.C19H18N2/c1-25-15-20-13-21(26-8-10-27-11-9-26)4-5-22(20)23(16-25)18-2-3-19-14-24-7-6-17(19)12-18;1-21-12-16-4-2-3-5-18(16)19(13-21)15-7-6-14-8-9-20-11-17(14)10-15/h2-7,12-14,23H,8-11,15-16H2,1H3;2-11,19H,12-13H2,1H3. The van der Waals surface area contributed by atoms with Crippen LogP contribution < -0.4 is 4.90 Å². The molecule has 4 aromatic carbocycles. The number of aromatic nitrogens is 2.